The predicted octanol–water partition coefficient (Wildman–Crippen LogP) is 1.11. The first-order valence-electron chi connectivity index (χ1n) is 4.62. The van der Waals surface area contributed by atoms with Crippen molar-refractivity contribution in [2.24, 2.45) is 0 Å². The van der Waals surface area contributed by atoms with Crippen molar-refractivity contribution >= 4 is 11.3 Å². The monoisotopic (exact) mass is 236 g/mol. The summed E-state index contributed by atoms with van der Waals surface area (Å²) in [5.74, 6) is -0.901. The maximum atomic E-state index is 5.51. The van der Waals surface area contributed by atoms with Gasteiger partial charge in [-0.2, -0.15) is 5.10 Å². The van der Waals surface area contributed by atoms with Crippen LogP contribution < -0.4 is 0 Å². The summed E-state index contributed by atoms with van der Waals surface area (Å²) in [6.07, 6.45) is 7.82. The summed E-state index contributed by atoms with van der Waals surface area (Å²) < 4.78 is 12.7. The number of ether oxygens (including phenoxy) is 2. The van der Waals surface area contributed by atoms with E-state index in [0.717, 1.165) is 5.01 Å². The maximum absolute atomic E-state index is 5.51. The molecule has 0 aliphatic carbocycles. The van der Waals surface area contributed by atoms with Crippen molar-refractivity contribution in [1.29, 1.82) is 0 Å². The van der Waals surface area contributed by atoms with Gasteiger partial charge < -0.3 is 9.47 Å². The lowest BCUT2D eigenvalue weighted by atomic mass is 10.3. The molecule has 1 aliphatic heterocycles. The van der Waals surface area contributed by atoms with Gasteiger partial charge in [-0.25, -0.2) is 14.6 Å². The van der Waals surface area contributed by atoms with E-state index in [1.165, 1.54) is 30.2 Å². The second kappa shape index (κ2) is 3.60. The van der Waals surface area contributed by atoms with Gasteiger partial charge in [-0.15, -0.1) is 11.3 Å². The Balaban J connectivity index is 1.92. The van der Waals surface area contributed by atoms with Crippen LogP contribution in [-0.4, -0.2) is 19.7 Å². The van der Waals surface area contributed by atoms with Crippen molar-refractivity contribution in [2.75, 3.05) is 0 Å². The van der Waals surface area contributed by atoms with Gasteiger partial charge in [-0.3, -0.25) is 0 Å². The Morgan fingerprint density at radius 1 is 1.38 bits per heavy atom. The lowest BCUT2D eigenvalue weighted by Gasteiger charge is -2.24. The van der Waals surface area contributed by atoms with E-state index in [2.05, 4.69) is 15.1 Å². The molecule has 0 fully saturated rings. The molecule has 0 N–H and O–H groups in total. The SMILES string of the molecule is C1=COC(Cn2cncn2)(c2nccs2)O1. The Morgan fingerprint density at radius 2 is 2.25 bits per heavy atom. The van der Waals surface area contributed by atoms with E-state index < -0.39 is 5.79 Å². The van der Waals surface area contributed by atoms with Gasteiger partial charge >= 0.3 is 5.79 Å². The van der Waals surface area contributed by atoms with E-state index in [0.29, 0.717) is 6.54 Å². The van der Waals surface area contributed by atoms with Crippen LogP contribution in [-0.2, 0) is 21.8 Å². The topological polar surface area (TPSA) is 62.1 Å². The standard InChI is InChI=1S/C9H8N4O2S/c1-4-16-8(11-1)9(14-2-3-15-9)5-13-7-10-6-12-13/h1-4,6-7H,5H2. The minimum Gasteiger partial charge on any atom is -0.449 e. The third kappa shape index (κ3) is 1.45. The molecule has 7 heteroatoms. The van der Waals surface area contributed by atoms with Crippen LogP contribution in [0.5, 0.6) is 0 Å². The van der Waals surface area contributed by atoms with E-state index in [1.807, 2.05) is 5.38 Å². The van der Waals surface area contributed by atoms with Crippen molar-refractivity contribution in [2.45, 2.75) is 12.3 Å². The quantitative estimate of drug-likeness (QED) is 0.798. The molecule has 2 aromatic heterocycles. The van der Waals surface area contributed by atoms with Gasteiger partial charge in [0.25, 0.3) is 0 Å². The summed E-state index contributed by atoms with van der Waals surface area (Å²) in [6.45, 7) is 0.410. The van der Waals surface area contributed by atoms with Gasteiger partial charge in [0.15, 0.2) is 5.01 Å². The molecule has 0 saturated carbocycles. The second-order valence-corrected chi connectivity index (χ2v) is 4.09. The van der Waals surface area contributed by atoms with E-state index in [1.54, 1.807) is 17.2 Å². The fraction of sp³-hybridized carbons (Fsp3) is 0.222. The highest BCUT2D eigenvalue weighted by molar-refractivity contribution is 7.09. The Bertz CT molecular complexity index is 472. The van der Waals surface area contributed by atoms with Crippen LogP contribution in [0.25, 0.3) is 0 Å². The molecule has 0 aromatic carbocycles. The van der Waals surface area contributed by atoms with Crippen LogP contribution in [0.2, 0.25) is 0 Å². The molecular formula is C9H8N4O2S. The zero-order valence-electron chi connectivity index (χ0n) is 8.18. The van der Waals surface area contributed by atoms with Gasteiger partial charge in [0.2, 0.25) is 0 Å². The number of rotatable bonds is 3. The average molecular weight is 236 g/mol. The van der Waals surface area contributed by atoms with E-state index >= 15 is 0 Å². The first kappa shape index (κ1) is 9.34. The van der Waals surface area contributed by atoms with Crippen LogP contribution in [0.1, 0.15) is 5.01 Å². The molecular weight excluding hydrogens is 228 g/mol. The van der Waals surface area contributed by atoms with Gasteiger partial charge in [0, 0.05) is 11.6 Å². The summed E-state index contributed by atoms with van der Waals surface area (Å²) in [6, 6.07) is 0. The minimum absolute atomic E-state index is 0.410. The van der Waals surface area contributed by atoms with E-state index in [4.69, 9.17) is 9.47 Å². The zero-order chi connectivity index (χ0) is 10.8. The fourth-order valence-corrected chi connectivity index (χ4v) is 2.20. The smallest absolute Gasteiger partial charge is 0.324 e. The number of thiazole rings is 1. The van der Waals surface area contributed by atoms with Crippen LogP contribution in [0, 0.1) is 0 Å². The molecule has 82 valence electrons. The highest BCUT2D eigenvalue weighted by Crippen LogP contribution is 2.34. The Morgan fingerprint density at radius 3 is 2.88 bits per heavy atom. The summed E-state index contributed by atoms with van der Waals surface area (Å²) >= 11 is 1.48. The lowest BCUT2D eigenvalue weighted by Crippen LogP contribution is -2.32. The first-order chi connectivity index (χ1) is 7.89. The second-order valence-electron chi connectivity index (χ2n) is 3.19. The summed E-state index contributed by atoms with van der Waals surface area (Å²) in [5.41, 5.74) is 0. The molecule has 2 aromatic rings. The average Bonchev–Trinajstić information content (AvgIpc) is 3.00. The molecule has 1 aliphatic rings. The van der Waals surface area contributed by atoms with Gasteiger partial charge in [0.05, 0.1) is 0 Å². The molecule has 3 heterocycles. The van der Waals surface area contributed by atoms with E-state index in [-0.39, 0.29) is 0 Å². The van der Waals surface area contributed by atoms with Crippen LogP contribution in [0.15, 0.2) is 36.8 Å². The van der Waals surface area contributed by atoms with Crippen LogP contribution in [0.4, 0.5) is 0 Å². The summed E-state index contributed by atoms with van der Waals surface area (Å²) in [7, 11) is 0. The van der Waals surface area contributed by atoms with Crippen molar-refractivity contribution < 1.29 is 9.47 Å². The molecule has 0 bridgehead atoms. The Hall–Kier alpha value is -1.89. The third-order valence-electron chi connectivity index (χ3n) is 2.17. The van der Waals surface area contributed by atoms with Crippen molar-refractivity contribution in [3.63, 3.8) is 0 Å². The van der Waals surface area contributed by atoms with Crippen LogP contribution >= 0.6 is 11.3 Å². The van der Waals surface area contributed by atoms with Crippen LogP contribution in [0.3, 0.4) is 0 Å². The third-order valence-corrected chi connectivity index (χ3v) is 3.06. The van der Waals surface area contributed by atoms with Gasteiger partial charge in [0.1, 0.15) is 31.7 Å². The first-order valence-corrected chi connectivity index (χ1v) is 5.50. The molecule has 0 spiro atoms. The molecule has 0 saturated heterocycles. The maximum Gasteiger partial charge on any atom is 0.324 e. The predicted molar refractivity (Wildman–Crippen MR) is 55.1 cm³/mol. The molecule has 0 atom stereocenters. The molecule has 0 amide bonds. The normalized spacial score (nSPS) is 17.0. The zero-order valence-corrected chi connectivity index (χ0v) is 9.00. The molecule has 0 unspecified atom stereocenters. The largest absolute Gasteiger partial charge is 0.449 e. The minimum atomic E-state index is -0.901. The van der Waals surface area contributed by atoms with E-state index in [9.17, 15) is 0 Å². The molecule has 16 heavy (non-hydrogen) atoms. The highest BCUT2D eigenvalue weighted by atomic mass is 32.1. The van der Waals surface area contributed by atoms with Gasteiger partial charge in [-0.1, -0.05) is 0 Å². The number of hydrogen-bond donors (Lipinski definition) is 0. The Labute approximate surface area is 95.2 Å². The number of nitrogens with zero attached hydrogens (tertiary/aromatic N) is 4. The highest BCUT2D eigenvalue weighted by Gasteiger charge is 2.41. The van der Waals surface area contributed by atoms with Crippen molar-refractivity contribution in [3.8, 4) is 0 Å². The fourth-order valence-electron chi connectivity index (χ4n) is 1.49. The molecule has 0 radical (unpaired) electrons. The summed E-state index contributed by atoms with van der Waals surface area (Å²) in [4.78, 5) is 8.10. The van der Waals surface area contributed by atoms with Gasteiger partial charge in [-0.05, 0) is 0 Å². The molecule has 6 nitrogen and oxygen atoms in total. The number of aromatic nitrogens is 4. The summed E-state index contributed by atoms with van der Waals surface area (Å²) in [5, 5.41) is 6.67. The molecule has 3 rings (SSSR count). The number of hydrogen-bond acceptors (Lipinski definition) is 6. The van der Waals surface area contributed by atoms with Crippen molar-refractivity contribution in [3.05, 3.63) is 41.8 Å². The lowest BCUT2D eigenvalue weighted by molar-refractivity contribution is -0.162. The Kier molecular flexibility index (Phi) is 2.10. The van der Waals surface area contributed by atoms with Crippen molar-refractivity contribution in [1.82, 2.24) is 19.7 Å².